The Morgan fingerprint density at radius 1 is 1.33 bits per heavy atom. The Hall–Kier alpha value is -0.510. The van der Waals surface area contributed by atoms with Crippen LogP contribution >= 0.6 is 11.8 Å². The summed E-state index contributed by atoms with van der Waals surface area (Å²) in [6.07, 6.45) is 4.99. The number of rotatable bonds is 6. The predicted octanol–water partition coefficient (Wildman–Crippen LogP) is 2.99. The smallest absolute Gasteiger partial charge is 0.0318 e. The first-order valence-corrected chi connectivity index (χ1v) is 7.91. The Kier molecular flexibility index (Phi) is 5.54. The molecule has 1 atom stereocenters. The van der Waals surface area contributed by atoms with Crippen molar-refractivity contribution in [1.29, 1.82) is 0 Å². The lowest BCUT2D eigenvalue weighted by Gasteiger charge is -2.21. The highest BCUT2D eigenvalue weighted by Gasteiger charge is 2.14. The van der Waals surface area contributed by atoms with Crippen LogP contribution in [0.25, 0.3) is 0 Å². The second-order valence-corrected chi connectivity index (χ2v) is 6.04. The molecular weight excluding hydrogens is 240 g/mol. The third-order valence-electron chi connectivity index (χ3n) is 3.60. The summed E-state index contributed by atoms with van der Waals surface area (Å²) in [5, 5.41) is 6.67. The van der Waals surface area contributed by atoms with Gasteiger partial charge < -0.3 is 10.6 Å². The van der Waals surface area contributed by atoms with E-state index in [0.717, 1.165) is 6.54 Å². The second kappa shape index (κ2) is 7.17. The fourth-order valence-electron chi connectivity index (χ4n) is 2.56. The van der Waals surface area contributed by atoms with E-state index < -0.39 is 0 Å². The minimum atomic E-state index is 0.496. The van der Waals surface area contributed by atoms with Crippen molar-refractivity contribution in [3.05, 3.63) is 29.3 Å². The molecule has 0 bridgehead atoms. The van der Waals surface area contributed by atoms with Crippen LogP contribution in [0.2, 0.25) is 0 Å². The first kappa shape index (κ1) is 13.9. The maximum atomic E-state index is 3.45. The number of nitrogens with one attached hydrogen (secondary N) is 2. The molecule has 0 aliphatic carbocycles. The highest BCUT2D eigenvalue weighted by molar-refractivity contribution is 7.99. The molecule has 3 heteroatoms. The van der Waals surface area contributed by atoms with Gasteiger partial charge in [0.1, 0.15) is 0 Å². The van der Waals surface area contributed by atoms with Gasteiger partial charge >= 0.3 is 0 Å². The summed E-state index contributed by atoms with van der Waals surface area (Å²) in [6.45, 7) is 1.10. The first-order chi connectivity index (χ1) is 8.85. The summed E-state index contributed by atoms with van der Waals surface area (Å²) in [4.78, 5) is 1.50. The lowest BCUT2D eigenvalue weighted by atomic mass is 9.98. The molecular formula is C15H24N2S. The quantitative estimate of drug-likeness (QED) is 0.772. The van der Waals surface area contributed by atoms with Crippen molar-refractivity contribution in [2.75, 3.05) is 26.4 Å². The van der Waals surface area contributed by atoms with Crippen LogP contribution in [-0.2, 0) is 6.42 Å². The van der Waals surface area contributed by atoms with E-state index in [9.17, 15) is 0 Å². The summed E-state index contributed by atoms with van der Waals surface area (Å²) < 4.78 is 0. The first-order valence-electron chi connectivity index (χ1n) is 6.92. The summed E-state index contributed by atoms with van der Waals surface area (Å²) in [7, 11) is 4.09. The van der Waals surface area contributed by atoms with Gasteiger partial charge in [-0.15, -0.1) is 11.8 Å². The van der Waals surface area contributed by atoms with Gasteiger partial charge in [0.15, 0.2) is 0 Å². The lowest BCUT2D eigenvalue weighted by Crippen LogP contribution is -2.19. The molecule has 2 nitrogen and oxygen atoms in total. The van der Waals surface area contributed by atoms with Gasteiger partial charge in [0.2, 0.25) is 0 Å². The van der Waals surface area contributed by atoms with Crippen molar-refractivity contribution < 1.29 is 0 Å². The number of fused-ring (bicyclic) bond motifs is 1. The zero-order valence-electron chi connectivity index (χ0n) is 11.5. The molecule has 1 aromatic carbocycles. The molecule has 0 saturated heterocycles. The predicted molar refractivity (Wildman–Crippen MR) is 80.4 cm³/mol. The molecule has 1 aliphatic rings. The van der Waals surface area contributed by atoms with Crippen molar-refractivity contribution in [1.82, 2.24) is 10.6 Å². The molecule has 0 spiro atoms. The van der Waals surface area contributed by atoms with E-state index in [-0.39, 0.29) is 0 Å². The van der Waals surface area contributed by atoms with E-state index in [0.29, 0.717) is 6.04 Å². The van der Waals surface area contributed by atoms with E-state index in [2.05, 4.69) is 35.9 Å². The highest BCUT2D eigenvalue weighted by atomic mass is 32.2. The molecule has 0 fully saturated rings. The third kappa shape index (κ3) is 3.50. The molecule has 0 radical (unpaired) electrons. The van der Waals surface area contributed by atoms with E-state index in [4.69, 9.17) is 0 Å². The molecule has 100 valence electrons. The van der Waals surface area contributed by atoms with Crippen LogP contribution in [0.3, 0.4) is 0 Å². The Labute approximate surface area is 115 Å². The van der Waals surface area contributed by atoms with Crippen LogP contribution in [0.5, 0.6) is 0 Å². The van der Waals surface area contributed by atoms with Gasteiger partial charge in [0, 0.05) is 10.9 Å². The third-order valence-corrected chi connectivity index (χ3v) is 4.81. The van der Waals surface area contributed by atoms with Crippen LogP contribution in [0, 0.1) is 0 Å². The molecule has 0 aromatic heterocycles. The topological polar surface area (TPSA) is 24.1 Å². The van der Waals surface area contributed by atoms with Gasteiger partial charge in [0.25, 0.3) is 0 Å². The summed E-state index contributed by atoms with van der Waals surface area (Å²) in [5.74, 6) is 1.28. The van der Waals surface area contributed by atoms with Crippen LogP contribution in [0.15, 0.2) is 23.1 Å². The number of aryl methyl sites for hydroxylation is 1. The van der Waals surface area contributed by atoms with Crippen LogP contribution < -0.4 is 10.6 Å². The van der Waals surface area contributed by atoms with Crippen molar-refractivity contribution >= 4 is 11.8 Å². The Bertz CT molecular complexity index is 379. The van der Waals surface area contributed by atoms with Gasteiger partial charge in [-0.3, -0.25) is 0 Å². The van der Waals surface area contributed by atoms with Crippen molar-refractivity contribution in [2.24, 2.45) is 0 Å². The maximum Gasteiger partial charge on any atom is 0.0318 e. The Balaban J connectivity index is 2.05. The molecule has 2 rings (SSSR count). The highest BCUT2D eigenvalue weighted by Crippen LogP contribution is 2.32. The van der Waals surface area contributed by atoms with Crippen LogP contribution in [-0.4, -0.2) is 26.4 Å². The maximum absolute atomic E-state index is 3.45. The van der Waals surface area contributed by atoms with Gasteiger partial charge in [0.05, 0.1) is 0 Å². The Morgan fingerprint density at radius 3 is 3.00 bits per heavy atom. The minimum absolute atomic E-state index is 0.496. The summed E-state index contributed by atoms with van der Waals surface area (Å²) >= 11 is 2.01. The van der Waals surface area contributed by atoms with E-state index in [1.165, 1.54) is 41.9 Å². The molecule has 0 amide bonds. The average Bonchev–Trinajstić information content (AvgIpc) is 2.43. The summed E-state index contributed by atoms with van der Waals surface area (Å²) in [5.41, 5.74) is 3.01. The minimum Gasteiger partial charge on any atom is -0.320 e. The van der Waals surface area contributed by atoms with Crippen molar-refractivity contribution in [3.8, 4) is 0 Å². The SMILES string of the molecule is CNCCCC(NC)c1ccc2c(c1)CCCS2. The second-order valence-electron chi connectivity index (χ2n) is 4.91. The van der Waals surface area contributed by atoms with Crippen molar-refractivity contribution in [2.45, 2.75) is 36.6 Å². The number of hydrogen-bond donors (Lipinski definition) is 2. The Morgan fingerprint density at radius 2 is 2.22 bits per heavy atom. The van der Waals surface area contributed by atoms with Gasteiger partial charge in [-0.25, -0.2) is 0 Å². The van der Waals surface area contributed by atoms with E-state index in [1.54, 1.807) is 5.56 Å². The molecule has 2 N–H and O–H groups in total. The fourth-order valence-corrected chi connectivity index (χ4v) is 3.58. The normalized spacial score (nSPS) is 16.3. The van der Waals surface area contributed by atoms with Crippen LogP contribution in [0.4, 0.5) is 0 Å². The zero-order valence-corrected chi connectivity index (χ0v) is 12.3. The average molecular weight is 264 g/mol. The number of hydrogen-bond acceptors (Lipinski definition) is 3. The van der Waals surface area contributed by atoms with Crippen molar-refractivity contribution in [3.63, 3.8) is 0 Å². The molecule has 0 saturated carbocycles. The molecule has 18 heavy (non-hydrogen) atoms. The van der Waals surface area contributed by atoms with E-state index in [1.807, 2.05) is 18.8 Å². The fraction of sp³-hybridized carbons (Fsp3) is 0.600. The van der Waals surface area contributed by atoms with Crippen LogP contribution in [0.1, 0.15) is 36.4 Å². The van der Waals surface area contributed by atoms with Gasteiger partial charge in [-0.05, 0) is 69.3 Å². The molecule has 1 aromatic rings. The number of thioether (sulfide) groups is 1. The standard InChI is InChI=1S/C15H24N2S/c1-16-9-3-6-14(17-2)12-7-8-15-13(11-12)5-4-10-18-15/h7-8,11,14,16-17H,3-6,9-10H2,1-2H3. The lowest BCUT2D eigenvalue weighted by molar-refractivity contribution is 0.517. The zero-order chi connectivity index (χ0) is 12.8. The number of benzene rings is 1. The summed E-state index contributed by atoms with van der Waals surface area (Å²) in [6, 6.07) is 7.53. The van der Waals surface area contributed by atoms with Gasteiger partial charge in [-0.1, -0.05) is 12.1 Å². The van der Waals surface area contributed by atoms with Gasteiger partial charge in [-0.2, -0.15) is 0 Å². The molecule has 1 heterocycles. The molecule has 1 unspecified atom stereocenters. The monoisotopic (exact) mass is 264 g/mol. The van der Waals surface area contributed by atoms with E-state index >= 15 is 0 Å². The largest absolute Gasteiger partial charge is 0.320 e. The molecule has 1 aliphatic heterocycles.